The number of hydrogen-bond donors (Lipinski definition) is 1. The Morgan fingerprint density at radius 2 is 1.78 bits per heavy atom. The molecule has 0 aliphatic carbocycles. The van der Waals surface area contributed by atoms with E-state index in [0.717, 1.165) is 5.56 Å². The standard InChI is InChI=1S/C15H18O3/c1-11(2)13-6-3-12(4-7-13)5-8-14(16)9-10-15(17)18/h3-8,11H,9-10H2,1-2H3,(H,17,18). The molecule has 0 saturated heterocycles. The largest absolute Gasteiger partial charge is 0.481 e. The molecule has 0 aliphatic heterocycles. The molecule has 0 radical (unpaired) electrons. The van der Waals surface area contributed by atoms with Crippen molar-refractivity contribution in [3.05, 3.63) is 41.5 Å². The molecule has 0 amide bonds. The summed E-state index contributed by atoms with van der Waals surface area (Å²) in [5.74, 6) is -0.622. The Labute approximate surface area is 107 Å². The quantitative estimate of drug-likeness (QED) is 0.784. The predicted molar refractivity (Wildman–Crippen MR) is 71.4 cm³/mol. The first-order valence-corrected chi connectivity index (χ1v) is 6.01. The number of rotatable bonds is 6. The molecule has 3 nitrogen and oxygen atoms in total. The number of carbonyl (C=O) groups is 2. The number of benzene rings is 1. The molecular weight excluding hydrogens is 228 g/mol. The summed E-state index contributed by atoms with van der Waals surface area (Å²) in [4.78, 5) is 21.6. The summed E-state index contributed by atoms with van der Waals surface area (Å²) >= 11 is 0. The van der Waals surface area contributed by atoms with E-state index in [1.165, 1.54) is 11.6 Å². The summed E-state index contributed by atoms with van der Waals surface area (Å²) in [5, 5.41) is 8.45. The van der Waals surface area contributed by atoms with Crippen LogP contribution >= 0.6 is 0 Å². The summed E-state index contributed by atoms with van der Waals surface area (Å²) < 4.78 is 0. The lowest BCUT2D eigenvalue weighted by Crippen LogP contribution is -1.99. The summed E-state index contributed by atoms with van der Waals surface area (Å²) in [5.41, 5.74) is 2.20. The maximum atomic E-state index is 11.3. The van der Waals surface area contributed by atoms with Gasteiger partial charge in [-0.3, -0.25) is 9.59 Å². The van der Waals surface area contributed by atoms with Crippen LogP contribution in [0.15, 0.2) is 30.3 Å². The van der Waals surface area contributed by atoms with E-state index in [1.807, 2.05) is 24.3 Å². The Bertz CT molecular complexity index is 441. The Kier molecular flexibility index (Phi) is 5.31. The van der Waals surface area contributed by atoms with Gasteiger partial charge in [-0.15, -0.1) is 0 Å². The molecule has 1 aromatic carbocycles. The molecule has 0 unspecified atom stereocenters. The van der Waals surface area contributed by atoms with Crippen LogP contribution in [0.5, 0.6) is 0 Å². The van der Waals surface area contributed by atoms with Gasteiger partial charge in [0.25, 0.3) is 0 Å². The number of carboxylic acids is 1. The zero-order chi connectivity index (χ0) is 13.5. The Morgan fingerprint density at radius 1 is 1.17 bits per heavy atom. The van der Waals surface area contributed by atoms with E-state index in [9.17, 15) is 9.59 Å². The molecule has 0 aliphatic rings. The highest BCUT2D eigenvalue weighted by atomic mass is 16.4. The minimum Gasteiger partial charge on any atom is -0.481 e. The van der Waals surface area contributed by atoms with Gasteiger partial charge < -0.3 is 5.11 Å². The number of allylic oxidation sites excluding steroid dienone is 1. The topological polar surface area (TPSA) is 54.4 Å². The molecule has 3 heteroatoms. The normalized spacial score (nSPS) is 11.1. The summed E-state index contributed by atoms with van der Waals surface area (Å²) in [6, 6.07) is 7.98. The second-order valence-electron chi connectivity index (χ2n) is 4.51. The van der Waals surface area contributed by atoms with Crippen molar-refractivity contribution >= 4 is 17.8 Å². The van der Waals surface area contributed by atoms with Gasteiger partial charge in [0.15, 0.2) is 5.78 Å². The monoisotopic (exact) mass is 246 g/mol. The van der Waals surface area contributed by atoms with Crippen LogP contribution in [0, 0.1) is 0 Å². The molecule has 1 aromatic rings. The zero-order valence-corrected chi connectivity index (χ0v) is 10.7. The molecule has 0 aromatic heterocycles. The molecular formula is C15H18O3. The van der Waals surface area contributed by atoms with Crippen molar-refractivity contribution in [2.75, 3.05) is 0 Å². The van der Waals surface area contributed by atoms with Crippen LogP contribution in [-0.2, 0) is 9.59 Å². The zero-order valence-electron chi connectivity index (χ0n) is 10.7. The smallest absolute Gasteiger partial charge is 0.303 e. The van der Waals surface area contributed by atoms with Crippen molar-refractivity contribution in [1.29, 1.82) is 0 Å². The maximum Gasteiger partial charge on any atom is 0.303 e. The van der Waals surface area contributed by atoms with Gasteiger partial charge in [-0.1, -0.05) is 44.2 Å². The first kappa shape index (κ1) is 14.2. The molecule has 0 bridgehead atoms. The van der Waals surface area contributed by atoms with Crippen LogP contribution in [0.25, 0.3) is 6.08 Å². The van der Waals surface area contributed by atoms with Gasteiger partial charge in [0.2, 0.25) is 0 Å². The first-order valence-electron chi connectivity index (χ1n) is 6.01. The lowest BCUT2D eigenvalue weighted by molar-refractivity contribution is -0.138. The average Bonchev–Trinajstić information content (AvgIpc) is 2.34. The van der Waals surface area contributed by atoms with Crippen molar-refractivity contribution in [3.63, 3.8) is 0 Å². The van der Waals surface area contributed by atoms with Gasteiger partial charge >= 0.3 is 5.97 Å². The van der Waals surface area contributed by atoms with Crippen molar-refractivity contribution < 1.29 is 14.7 Å². The third-order valence-electron chi connectivity index (χ3n) is 2.65. The lowest BCUT2D eigenvalue weighted by atomic mass is 10.0. The third-order valence-corrected chi connectivity index (χ3v) is 2.65. The van der Waals surface area contributed by atoms with E-state index in [0.29, 0.717) is 5.92 Å². The van der Waals surface area contributed by atoms with Gasteiger partial charge in [0.05, 0.1) is 6.42 Å². The van der Waals surface area contributed by atoms with Crippen LogP contribution in [0.3, 0.4) is 0 Å². The van der Waals surface area contributed by atoms with E-state index in [-0.39, 0.29) is 18.6 Å². The predicted octanol–water partition coefficient (Wildman–Crippen LogP) is 3.26. The molecule has 0 heterocycles. The molecule has 96 valence electrons. The first-order chi connectivity index (χ1) is 8.49. The molecule has 1 N–H and O–H groups in total. The summed E-state index contributed by atoms with van der Waals surface area (Å²) in [6.07, 6.45) is 3.09. The van der Waals surface area contributed by atoms with E-state index in [4.69, 9.17) is 5.11 Å². The van der Waals surface area contributed by atoms with Gasteiger partial charge in [-0.25, -0.2) is 0 Å². The molecule has 0 fully saturated rings. The number of hydrogen-bond acceptors (Lipinski definition) is 2. The molecule has 1 rings (SSSR count). The second kappa shape index (κ2) is 6.74. The van der Waals surface area contributed by atoms with Gasteiger partial charge in [0.1, 0.15) is 0 Å². The summed E-state index contributed by atoms with van der Waals surface area (Å²) in [7, 11) is 0. The van der Waals surface area contributed by atoms with E-state index in [2.05, 4.69) is 13.8 Å². The summed E-state index contributed by atoms with van der Waals surface area (Å²) in [6.45, 7) is 4.25. The van der Waals surface area contributed by atoms with Gasteiger partial charge in [0, 0.05) is 6.42 Å². The van der Waals surface area contributed by atoms with Gasteiger partial charge in [-0.05, 0) is 23.1 Å². The Hall–Kier alpha value is -1.90. The molecule has 18 heavy (non-hydrogen) atoms. The minimum absolute atomic E-state index is 0.0515. The lowest BCUT2D eigenvalue weighted by Gasteiger charge is -2.04. The third kappa shape index (κ3) is 4.95. The highest BCUT2D eigenvalue weighted by Gasteiger charge is 2.02. The van der Waals surface area contributed by atoms with Crippen molar-refractivity contribution in [2.24, 2.45) is 0 Å². The van der Waals surface area contributed by atoms with Crippen molar-refractivity contribution in [2.45, 2.75) is 32.6 Å². The van der Waals surface area contributed by atoms with Crippen molar-refractivity contribution in [1.82, 2.24) is 0 Å². The number of carbonyl (C=O) groups excluding carboxylic acids is 1. The average molecular weight is 246 g/mol. The second-order valence-corrected chi connectivity index (χ2v) is 4.51. The number of carboxylic acid groups (broad SMARTS) is 1. The minimum atomic E-state index is -0.946. The molecule has 0 saturated carbocycles. The van der Waals surface area contributed by atoms with E-state index >= 15 is 0 Å². The fourth-order valence-electron chi connectivity index (χ4n) is 1.49. The number of aliphatic carboxylic acids is 1. The van der Waals surface area contributed by atoms with Crippen LogP contribution in [0.1, 0.15) is 43.7 Å². The van der Waals surface area contributed by atoms with Crippen LogP contribution < -0.4 is 0 Å². The Morgan fingerprint density at radius 3 is 2.28 bits per heavy atom. The van der Waals surface area contributed by atoms with Crippen LogP contribution in [-0.4, -0.2) is 16.9 Å². The highest BCUT2D eigenvalue weighted by Crippen LogP contribution is 2.15. The Balaban J connectivity index is 2.56. The fraction of sp³-hybridized carbons (Fsp3) is 0.333. The maximum absolute atomic E-state index is 11.3. The van der Waals surface area contributed by atoms with Gasteiger partial charge in [-0.2, -0.15) is 0 Å². The fourth-order valence-corrected chi connectivity index (χ4v) is 1.49. The number of ketones is 1. The van der Waals surface area contributed by atoms with E-state index < -0.39 is 5.97 Å². The molecule has 0 spiro atoms. The van der Waals surface area contributed by atoms with Crippen molar-refractivity contribution in [3.8, 4) is 0 Å². The van der Waals surface area contributed by atoms with Crippen LogP contribution in [0.2, 0.25) is 0 Å². The van der Waals surface area contributed by atoms with Crippen LogP contribution in [0.4, 0.5) is 0 Å². The SMILES string of the molecule is CC(C)c1ccc(C=CC(=O)CCC(=O)O)cc1. The van der Waals surface area contributed by atoms with E-state index in [1.54, 1.807) is 6.08 Å². The molecule has 0 atom stereocenters. The highest BCUT2D eigenvalue weighted by molar-refractivity contribution is 5.95.